The van der Waals surface area contributed by atoms with Gasteiger partial charge in [-0.3, -0.25) is 14.4 Å². The summed E-state index contributed by atoms with van der Waals surface area (Å²) in [5.41, 5.74) is 4.31. The zero-order valence-corrected chi connectivity index (χ0v) is 29.0. The first kappa shape index (κ1) is 35.2. The van der Waals surface area contributed by atoms with E-state index in [-0.39, 0.29) is 19.4 Å². The second-order valence-corrected chi connectivity index (χ2v) is 13.9. The van der Waals surface area contributed by atoms with E-state index < -0.39 is 12.6 Å². The van der Waals surface area contributed by atoms with Crippen molar-refractivity contribution in [2.45, 2.75) is 71.4 Å². The Balaban J connectivity index is 0.00000139. The van der Waals surface area contributed by atoms with Crippen LogP contribution in [-0.2, 0) is 24.1 Å². The van der Waals surface area contributed by atoms with Gasteiger partial charge in [0.2, 0.25) is 0 Å². The van der Waals surface area contributed by atoms with Crippen molar-refractivity contribution in [1.82, 2.24) is 29.7 Å². The van der Waals surface area contributed by atoms with Gasteiger partial charge in [0.05, 0.1) is 11.8 Å². The molecule has 2 aliphatic heterocycles. The van der Waals surface area contributed by atoms with Gasteiger partial charge < -0.3 is 15.2 Å². The molecule has 6 rings (SSSR count). The summed E-state index contributed by atoms with van der Waals surface area (Å²) >= 11 is 1.09. The van der Waals surface area contributed by atoms with E-state index in [1.54, 1.807) is 19.7 Å². The molecule has 2 fully saturated rings. The molecule has 0 aliphatic carbocycles. The van der Waals surface area contributed by atoms with Crippen LogP contribution in [0.15, 0.2) is 24.3 Å². The van der Waals surface area contributed by atoms with E-state index in [1.165, 1.54) is 11.1 Å². The third-order valence-corrected chi connectivity index (χ3v) is 10.1. The maximum absolute atomic E-state index is 13.0. The lowest BCUT2D eigenvalue weighted by Crippen LogP contribution is -2.48. The van der Waals surface area contributed by atoms with Crippen LogP contribution in [0.25, 0.3) is 21.1 Å². The number of nitriles is 1. The highest BCUT2D eigenvalue weighted by Crippen LogP contribution is 2.34. The Morgan fingerprint density at radius 1 is 1.13 bits per heavy atom. The SMILES string of the molecule is CP=O.Cc1nc(NC2CCN(Cc3ccc4c(cc(C#N)n4CC(C)N4CCNCC4)c3C)CC2)c2cc(CC(F)(F)F)sc2n1. The molecule has 1 aromatic carbocycles. The quantitative estimate of drug-likeness (QED) is 0.202. The van der Waals surface area contributed by atoms with Crippen LogP contribution in [0.4, 0.5) is 19.0 Å². The van der Waals surface area contributed by atoms with Crippen molar-refractivity contribution in [2.24, 2.45) is 0 Å². The molecule has 0 amide bonds. The van der Waals surface area contributed by atoms with Crippen LogP contribution < -0.4 is 10.6 Å². The highest BCUT2D eigenvalue weighted by molar-refractivity contribution is 7.22. The first-order valence-electron chi connectivity index (χ1n) is 16.0. The maximum Gasteiger partial charge on any atom is 0.393 e. The minimum atomic E-state index is -4.25. The van der Waals surface area contributed by atoms with Crippen molar-refractivity contribution in [3.8, 4) is 6.07 Å². The molecule has 1 unspecified atom stereocenters. The van der Waals surface area contributed by atoms with Crippen LogP contribution in [-0.4, -0.2) is 88.5 Å². The summed E-state index contributed by atoms with van der Waals surface area (Å²) in [7, 11) is 0.167. The third-order valence-electron chi connectivity index (χ3n) is 9.06. The molecule has 3 aromatic heterocycles. The van der Waals surface area contributed by atoms with Gasteiger partial charge in [-0.1, -0.05) is 6.07 Å². The maximum atomic E-state index is 13.0. The molecule has 4 aromatic rings. The van der Waals surface area contributed by atoms with Crippen LogP contribution in [0.2, 0.25) is 0 Å². The Labute approximate surface area is 279 Å². The predicted octanol–water partition coefficient (Wildman–Crippen LogP) is 6.52. The van der Waals surface area contributed by atoms with E-state index in [0.717, 1.165) is 87.4 Å². The molecule has 0 saturated carbocycles. The molecule has 0 radical (unpaired) electrons. The van der Waals surface area contributed by atoms with Gasteiger partial charge in [-0.2, -0.15) is 18.4 Å². The largest absolute Gasteiger partial charge is 0.393 e. The molecule has 252 valence electrons. The van der Waals surface area contributed by atoms with E-state index in [1.807, 2.05) is 6.07 Å². The van der Waals surface area contributed by atoms with Gasteiger partial charge in [0, 0.05) is 86.9 Å². The van der Waals surface area contributed by atoms with E-state index in [0.29, 0.717) is 33.6 Å². The molecule has 0 spiro atoms. The number of alkyl halides is 3. The lowest BCUT2D eigenvalue weighted by Gasteiger charge is -2.33. The van der Waals surface area contributed by atoms with Crippen molar-refractivity contribution in [2.75, 3.05) is 51.3 Å². The van der Waals surface area contributed by atoms with Gasteiger partial charge in [0.15, 0.2) is 8.46 Å². The normalized spacial score (nSPS) is 17.5. The van der Waals surface area contributed by atoms with Gasteiger partial charge in [-0.25, -0.2) is 9.97 Å². The molecule has 1 atom stereocenters. The molecular weight excluding hydrogens is 644 g/mol. The van der Waals surface area contributed by atoms with Crippen LogP contribution in [0.1, 0.15) is 47.3 Å². The molecule has 9 nitrogen and oxygen atoms in total. The Morgan fingerprint density at radius 2 is 1.83 bits per heavy atom. The second kappa shape index (κ2) is 15.4. The summed E-state index contributed by atoms with van der Waals surface area (Å²) in [6.07, 6.45) is -3.39. The van der Waals surface area contributed by atoms with Crippen molar-refractivity contribution in [3.05, 3.63) is 51.8 Å². The predicted molar refractivity (Wildman–Crippen MR) is 183 cm³/mol. The number of piperazine rings is 1. The van der Waals surface area contributed by atoms with Gasteiger partial charge in [-0.05, 0) is 62.9 Å². The molecule has 0 bridgehead atoms. The number of halogens is 3. The van der Waals surface area contributed by atoms with Crippen molar-refractivity contribution >= 4 is 46.7 Å². The molecule has 5 heterocycles. The number of benzene rings is 1. The Hall–Kier alpha value is -3.14. The van der Waals surface area contributed by atoms with E-state index in [2.05, 4.69) is 67.0 Å². The number of rotatable bonds is 8. The monoisotopic (exact) mass is 686 g/mol. The molecule has 2 saturated heterocycles. The summed E-state index contributed by atoms with van der Waals surface area (Å²) in [5, 5.41) is 18.7. The molecule has 47 heavy (non-hydrogen) atoms. The fourth-order valence-electron chi connectivity index (χ4n) is 6.63. The third kappa shape index (κ3) is 8.67. The van der Waals surface area contributed by atoms with E-state index >= 15 is 0 Å². The number of thiophene rings is 1. The lowest BCUT2D eigenvalue weighted by molar-refractivity contribution is -0.126. The average Bonchev–Trinajstić information content (AvgIpc) is 3.60. The van der Waals surface area contributed by atoms with Crippen molar-refractivity contribution < 1.29 is 17.7 Å². The Kier molecular flexibility index (Phi) is 11.5. The molecule has 14 heteroatoms. The number of nitrogens with one attached hydrogen (secondary N) is 2. The number of anilines is 1. The minimum Gasteiger partial charge on any atom is -0.367 e. The topological polar surface area (TPSA) is 102 Å². The molecular formula is C33H42F3N8OPS. The standard InChI is InChI=1S/C32H39F3N8S.CH3OP/c1-20(42-12-8-37-9-13-42)18-43-25(17-36)14-27-21(2)23(4-5-29(27)43)19-41-10-6-24(7-11-41)40-30-28-15-26(16-32(33,34)35)44-31(28)39-22(3)38-30;1-3-2/h4-5,14-15,20,24,37H,6-13,16,18-19H2,1-3H3,(H,38,39,40);1H3. The smallest absolute Gasteiger partial charge is 0.367 e. The van der Waals surface area contributed by atoms with Crippen LogP contribution in [0.5, 0.6) is 0 Å². The summed E-state index contributed by atoms with van der Waals surface area (Å²) in [5.74, 6) is 1.18. The number of aryl methyl sites for hydroxylation is 2. The first-order chi connectivity index (χ1) is 22.5. The minimum absolute atomic E-state index is 0.167. The van der Waals surface area contributed by atoms with Crippen molar-refractivity contribution in [3.63, 3.8) is 0 Å². The number of piperidine rings is 1. The average molecular weight is 687 g/mol. The lowest BCUT2D eigenvalue weighted by atomic mass is 10.0. The first-order valence-corrected chi connectivity index (χ1v) is 18.1. The molecule has 2 N–H and O–H groups in total. The summed E-state index contributed by atoms with van der Waals surface area (Å²) < 4.78 is 50.1. The number of hydrogen-bond acceptors (Lipinski definition) is 9. The Bertz CT molecular complexity index is 1740. The fourth-order valence-corrected chi connectivity index (χ4v) is 7.73. The van der Waals surface area contributed by atoms with Crippen LogP contribution >= 0.6 is 19.8 Å². The number of fused-ring (bicyclic) bond motifs is 2. The van der Waals surface area contributed by atoms with Gasteiger partial charge >= 0.3 is 6.18 Å². The Morgan fingerprint density at radius 3 is 2.49 bits per heavy atom. The zero-order valence-electron chi connectivity index (χ0n) is 27.3. The summed E-state index contributed by atoms with van der Waals surface area (Å²) in [6, 6.07) is 11.0. The molecule has 2 aliphatic rings. The summed E-state index contributed by atoms with van der Waals surface area (Å²) in [4.78, 5) is 14.7. The summed E-state index contributed by atoms with van der Waals surface area (Å²) in [6.45, 7) is 15.2. The highest BCUT2D eigenvalue weighted by atomic mass is 32.1. The number of aromatic nitrogens is 3. The number of likely N-dealkylation sites (tertiary alicyclic amines) is 1. The van der Waals surface area contributed by atoms with Crippen LogP contribution in [0, 0.1) is 25.2 Å². The van der Waals surface area contributed by atoms with E-state index in [9.17, 15) is 18.4 Å². The van der Waals surface area contributed by atoms with Crippen molar-refractivity contribution in [1.29, 1.82) is 5.26 Å². The van der Waals surface area contributed by atoms with Crippen LogP contribution in [0.3, 0.4) is 0 Å². The zero-order chi connectivity index (χ0) is 33.7. The fraction of sp³-hybridized carbons (Fsp3) is 0.545. The van der Waals surface area contributed by atoms with E-state index in [4.69, 9.17) is 4.57 Å². The highest BCUT2D eigenvalue weighted by Gasteiger charge is 2.29. The second-order valence-electron chi connectivity index (χ2n) is 12.4. The number of hydrogen-bond donors (Lipinski definition) is 2. The van der Waals surface area contributed by atoms with Gasteiger partial charge in [0.1, 0.15) is 28.2 Å². The van der Waals surface area contributed by atoms with Gasteiger partial charge in [0.25, 0.3) is 0 Å². The van der Waals surface area contributed by atoms with Gasteiger partial charge in [-0.15, -0.1) is 11.3 Å². The number of nitrogens with zero attached hydrogens (tertiary/aromatic N) is 6.